The summed E-state index contributed by atoms with van der Waals surface area (Å²) in [6.45, 7) is 7.66. The molecule has 0 radical (unpaired) electrons. The monoisotopic (exact) mass is 521 g/mol. The molecule has 3 nitrogen and oxygen atoms in total. The number of hydrogen-bond donors (Lipinski definition) is 0. The number of hydrogen-bond acceptors (Lipinski definition) is 4. The number of nitrogens with zero attached hydrogens (tertiary/aromatic N) is 3. The van der Waals surface area contributed by atoms with E-state index in [-0.39, 0.29) is 0 Å². The van der Waals surface area contributed by atoms with Gasteiger partial charge in [-0.2, -0.15) is 0 Å². The fourth-order valence-corrected chi connectivity index (χ4v) is 6.24. The van der Waals surface area contributed by atoms with Crippen LogP contribution >= 0.6 is 11.3 Å². The lowest BCUT2D eigenvalue weighted by molar-refractivity contribution is 0.396. The molecule has 1 aromatic heterocycles. The predicted octanol–water partition coefficient (Wildman–Crippen LogP) is 9.21. The standard InChI is InChI=1S/C34H39N3S/c1-5-34-35-23-33(38-34)30-12-9-13-32(22-30)37(25(2)27-10-7-6-8-11-27)24-26-14-16-28(17-15-26)29-18-20-31(21-19-29)36(3)4/h9,12-23,27H,2,5-8,10-11,24H2,1,3-4H3. The predicted molar refractivity (Wildman–Crippen MR) is 165 cm³/mol. The first-order chi connectivity index (χ1) is 18.5. The second-order valence-electron chi connectivity index (χ2n) is 10.6. The SMILES string of the molecule is C=C(C1CCCCC1)N(Cc1ccc(-c2ccc(N(C)C)cc2)cc1)c1cccc(-c2cnc(CC)s2)c1. The molecule has 5 rings (SSSR count). The van der Waals surface area contributed by atoms with Crippen LogP contribution in [0.3, 0.4) is 0 Å². The van der Waals surface area contributed by atoms with Gasteiger partial charge in [-0.1, -0.05) is 81.3 Å². The molecule has 1 saturated carbocycles. The minimum absolute atomic E-state index is 0.553. The Bertz CT molecular complexity index is 1350. The summed E-state index contributed by atoms with van der Waals surface area (Å²) >= 11 is 1.79. The summed E-state index contributed by atoms with van der Waals surface area (Å²) in [6, 6.07) is 26.8. The Balaban J connectivity index is 1.41. The van der Waals surface area contributed by atoms with Crippen LogP contribution in [-0.4, -0.2) is 19.1 Å². The van der Waals surface area contributed by atoms with Gasteiger partial charge >= 0.3 is 0 Å². The summed E-state index contributed by atoms with van der Waals surface area (Å²) in [7, 11) is 4.15. The molecule has 1 aliphatic rings. The van der Waals surface area contributed by atoms with Crippen molar-refractivity contribution in [3.8, 4) is 21.6 Å². The number of rotatable bonds is 9. The Morgan fingerprint density at radius 3 is 2.18 bits per heavy atom. The molecule has 196 valence electrons. The van der Waals surface area contributed by atoms with E-state index in [1.165, 1.54) is 81.3 Å². The minimum atomic E-state index is 0.553. The second kappa shape index (κ2) is 12.0. The highest BCUT2D eigenvalue weighted by Crippen LogP contribution is 2.36. The van der Waals surface area contributed by atoms with Crippen molar-refractivity contribution >= 4 is 22.7 Å². The van der Waals surface area contributed by atoms with Crippen LogP contribution in [-0.2, 0) is 13.0 Å². The van der Waals surface area contributed by atoms with Crippen molar-refractivity contribution in [3.05, 3.63) is 102 Å². The third-order valence-corrected chi connectivity index (χ3v) is 8.92. The van der Waals surface area contributed by atoms with Gasteiger partial charge in [-0.25, -0.2) is 4.98 Å². The van der Waals surface area contributed by atoms with Crippen LogP contribution < -0.4 is 9.80 Å². The molecule has 1 aliphatic carbocycles. The molecule has 0 spiro atoms. The van der Waals surface area contributed by atoms with E-state index in [1.807, 2.05) is 6.20 Å². The van der Waals surface area contributed by atoms with Crippen molar-refractivity contribution < 1.29 is 0 Å². The Morgan fingerprint density at radius 2 is 1.55 bits per heavy atom. The maximum atomic E-state index is 4.67. The molecule has 0 bridgehead atoms. The van der Waals surface area contributed by atoms with Gasteiger partial charge in [-0.15, -0.1) is 11.3 Å². The zero-order chi connectivity index (χ0) is 26.5. The number of benzene rings is 3. The summed E-state index contributed by atoms with van der Waals surface area (Å²) in [4.78, 5) is 10.4. The van der Waals surface area contributed by atoms with Crippen LogP contribution in [0.2, 0.25) is 0 Å². The molecular formula is C34H39N3S. The molecule has 4 heteroatoms. The highest BCUT2D eigenvalue weighted by Gasteiger charge is 2.23. The lowest BCUT2D eigenvalue weighted by Crippen LogP contribution is -2.27. The van der Waals surface area contributed by atoms with E-state index in [1.54, 1.807) is 11.3 Å². The number of aryl methyl sites for hydroxylation is 1. The summed E-state index contributed by atoms with van der Waals surface area (Å²) in [5.41, 5.74) is 8.71. The average molecular weight is 522 g/mol. The van der Waals surface area contributed by atoms with Crippen LogP contribution in [0.4, 0.5) is 11.4 Å². The van der Waals surface area contributed by atoms with Gasteiger partial charge in [0.25, 0.3) is 0 Å². The molecule has 38 heavy (non-hydrogen) atoms. The Morgan fingerprint density at radius 1 is 0.868 bits per heavy atom. The van der Waals surface area contributed by atoms with E-state index in [0.717, 1.165) is 13.0 Å². The summed E-state index contributed by atoms with van der Waals surface area (Å²) < 4.78 is 0. The van der Waals surface area contributed by atoms with Crippen molar-refractivity contribution in [2.75, 3.05) is 23.9 Å². The van der Waals surface area contributed by atoms with Gasteiger partial charge in [0.05, 0.1) is 9.88 Å². The van der Waals surface area contributed by atoms with Crippen LogP contribution in [0.15, 0.2) is 91.3 Å². The maximum Gasteiger partial charge on any atom is 0.0928 e. The van der Waals surface area contributed by atoms with E-state index in [2.05, 4.69) is 115 Å². The topological polar surface area (TPSA) is 19.4 Å². The van der Waals surface area contributed by atoms with Crippen molar-refractivity contribution in [1.29, 1.82) is 0 Å². The fraction of sp³-hybridized carbons (Fsp3) is 0.324. The van der Waals surface area contributed by atoms with Crippen molar-refractivity contribution in [3.63, 3.8) is 0 Å². The molecule has 0 unspecified atom stereocenters. The number of aromatic nitrogens is 1. The largest absolute Gasteiger partial charge is 0.378 e. The van der Waals surface area contributed by atoms with Crippen molar-refractivity contribution in [1.82, 2.24) is 4.98 Å². The molecule has 3 aromatic carbocycles. The minimum Gasteiger partial charge on any atom is -0.378 e. The number of anilines is 2. The highest BCUT2D eigenvalue weighted by molar-refractivity contribution is 7.15. The van der Waals surface area contributed by atoms with E-state index in [4.69, 9.17) is 0 Å². The highest BCUT2D eigenvalue weighted by atomic mass is 32.1. The first-order valence-corrected chi connectivity index (χ1v) is 14.7. The van der Waals surface area contributed by atoms with Gasteiger partial charge in [-0.3, -0.25) is 0 Å². The number of allylic oxidation sites excluding steroid dienone is 1. The van der Waals surface area contributed by atoms with Crippen LogP contribution in [0.25, 0.3) is 21.6 Å². The lowest BCUT2D eigenvalue weighted by Gasteiger charge is -2.34. The van der Waals surface area contributed by atoms with E-state index in [0.29, 0.717) is 5.92 Å². The summed E-state index contributed by atoms with van der Waals surface area (Å²) in [5.74, 6) is 0.553. The molecule has 0 N–H and O–H groups in total. The Kier molecular flexibility index (Phi) is 8.29. The Hall–Kier alpha value is -3.37. The van der Waals surface area contributed by atoms with Gasteiger partial charge in [0.1, 0.15) is 0 Å². The van der Waals surface area contributed by atoms with Gasteiger partial charge in [0, 0.05) is 43.9 Å². The fourth-order valence-electron chi connectivity index (χ4n) is 5.39. The summed E-state index contributed by atoms with van der Waals surface area (Å²) in [5, 5.41) is 1.19. The third-order valence-electron chi connectivity index (χ3n) is 7.73. The number of thiazole rings is 1. The lowest BCUT2D eigenvalue weighted by atomic mass is 9.86. The quantitative estimate of drug-likeness (QED) is 0.219. The van der Waals surface area contributed by atoms with Crippen LogP contribution in [0, 0.1) is 5.92 Å². The molecule has 0 saturated heterocycles. The first-order valence-electron chi connectivity index (χ1n) is 13.9. The molecule has 0 aliphatic heterocycles. The Labute approximate surface area is 232 Å². The summed E-state index contributed by atoms with van der Waals surface area (Å²) in [6.07, 6.45) is 9.44. The second-order valence-corrected chi connectivity index (χ2v) is 11.7. The molecule has 1 heterocycles. The van der Waals surface area contributed by atoms with E-state index in [9.17, 15) is 0 Å². The zero-order valence-corrected chi connectivity index (χ0v) is 23.8. The van der Waals surface area contributed by atoms with Crippen LogP contribution in [0.5, 0.6) is 0 Å². The molecule has 0 atom stereocenters. The zero-order valence-electron chi connectivity index (χ0n) is 23.0. The van der Waals surface area contributed by atoms with E-state index >= 15 is 0 Å². The van der Waals surface area contributed by atoms with Crippen molar-refractivity contribution in [2.24, 2.45) is 5.92 Å². The molecular weight excluding hydrogens is 482 g/mol. The van der Waals surface area contributed by atoms with Crippen LogP contribution in [0.1, 0.15) is 49.6 Å². The normalized spacial score (nSPS) is 13.9. The smallest absolute Gasteiger partial charge is 0.0928 e. The van der Waals surface area contributed by atoms with Gasteiger partial charge < -0.3 is 9.80 Å². The molecule has 1 fully saturated rings. The maximum absolute atomic E-state index is 4.67. The van der Waals surface area contributed by atoms with Gasteiger partial charge in [0.15, 0.2) is 0 Å². The van der Waals surface area contributed by atoms with Gasteiger partial charge in [-0.05, 0) is 71.7 Å². The van der Waals surface area contributed by atoms with Gasteiger partial charge in [0.2, 0.25) is 0 Å². The van der Waals surface area contributed by atoms with E-state index < -0.39 is 0 Å². The molecule has 0 amide bonds. The van der Waals surface area contributed by atoms with Crippen molar-refractivity contribution in [2.45, 2.75) is 52.0 Å². The first kappa shape index (κ1) is 26.2. The third kappa shape index (κ3) is 6.02. The average Bonchev–Trinajstić information content (AvgIpc) is 3.46. The molecule has 4 aromatic rings.